The van der Waals surface area contributed by atoms with E-state index >= 15 is 0 Å². The minimum Gasteiger partial charge on any atom is -0.504 e. The summed E-state index contributed by atoms with van der Waals surface area (Å²) >= 11 is 0. The number of hydrogen-bond acceptors (Lipinski definition) is 5. The summed E-state index contributed by atoms with van der Waals surface area (Å²) < 4.78 is 6.78. The Morgan fingerprint density at radius 3 is 2.66 bits per heavy atom. The van der Waals surface area contributed by atoms with Crippen LogP contribution < -0.4 is 4.74 Å². The lowest BCUT2D eigenvalue weighted by Gasteiger charge is -2.63. The molecule has 9 rings (SSSR count). The molecular formula is C33H30N2O3. The normalized spacial score (nSPS) is 30.6. The minimum atomic E-state index is -1.02. The van der Waals surface area contributed by atoms with Gasteiger partial charge in [0.2, 0.25) is 0 Å². The van der Waals surface area contributed by atoms with E-state index in [9.17, 15) is 10.2 Å². The second-order valence-electron chi connectivity index (χ2n) is 12.2. The second kappa shape index (κ2) is 7.16. The molecule has 4 atom stereocenters. The molecule has 1 aromatic heterocycles. The molecule has 3 aliphatic carbocycles. The highest BCUT2D eigenvalue weighted by Gasteiger charge is 2.73. The molecule has 1 spiro atoms. The third-order valence-electron chi connectivity index (χ3n) is 10.3. The van der Waals surface area contributed by atoms with Gasteiger partial charge in [-0.25, -0.2) is 4.98 Å². The number of aromatic nitrogens is 1. The summed E-state index contributed by atoms with van der Waals surface area (Å²) in [4.78, 5) is 7.84. The quantitative estimate of drug-likeness (QED) is 0.398. The first-order chi connectivity index (χ1) is 18.6. The van der Waals surface area contributed by atoms with Crippen LogP contribution >= 0.6 is 0 Å². The monoisotopic (exact) mass is 502 g/mol. The maximum absolute atomic E-state index is 13.2. The lowest BCUT2D eigenvalue weighted by molar-refractivity contribution is -0.173. The summed E-state index contributed by atoms with van der Waals surface area (Å²) in [5.41, 5.74) is 5.85. The molecule has 190 valence electrons. The van der Waals surface area contributed by atoms with Crippen LogP contribution in [0.4, 0.5) is 0 Å². The van der Waals surface area contributed by atoms with Gasteiger partial charge in [-0.3, -0.25) is 4.90 Å². The van der Waals surface area contributed by atoms with Crippen LogP contribution in [-0.4, -0.2) is 44.8 Å². The van der Waals surface area contributed by atoms with Crippen molar-refractivity contribution in [1.82, 2.24) is 9.88 Å². The number of benzene rings is 3. The van der Waals surface area contributed by atoms with E-state index in [2.05, 4.69) is 53.4 Å². The van der Waals surface area contributed by atoms with Gasteiger partial charge in [-0.1, -0.05) is 54.6 Å². The lowest BCUT2D eigenvalue weighted by Crippen LogP contribution is -2.74. The molecule has 4 aromatic rings. The van der Waals surface area contributed by atoms with Crippen molar-refractivity contribution in [3.8, 4) is 22.6 Å². The third-order valence-corrected chi connectivity index (χ3v) is 10.3. The second-order valence-corrected chi connectivity index (χ2v) is 12.2. The Bertz CT molecular complexity index is 1650. The van der Waals surface area contributed by atoms with Gasteiger partial charge < -0.3 is 14.9 Å². The maximum Gasteiger partial charge on any atom is 0.166 e. The molecule has 2 unspecified atom stereocenters. The van der Waals surface area contributed by atoms with Gasteiger partial charge in [0, 0.05) is 30.0 Å². The van der Waals surface area contributed by atoms with E-state index in [-0.39, 0.29) is 11.8 Å². The molecule has 38 heavy (non-hydrogen) atoms. The van der Waals surface area contributed by atoms with Crippen molar-refractivity contribution in [3.05, 3.63) is 89.1 Å². The summed E-state index contributed by atoms with van der Waals surface area (Å²) in [6, 6.07) is 22.7. The van der Waals surface area contributed by atoms with Crippen LogP contribution in [0.15, 0.2) is 66.7 Å². The molecule has 2 aliphatic heterocycles. The van der Waals surface area contributed by atoms with Gasteiger partial charge in [-0.15, -0.1) is 0 Å². The predicted molar refractivity (Wildman–Crippen MR) is 145 cm³/mol. The van der Waals surface area contributed by atoms with Gasteiger partial charge in [0.15, 0.2) is 17.6 Å². The van der Waals surface area contributed by atoms with Crippen LogP contribution in [0.5, 0.6) is 11.5 Å². The van der Waals surface area contributed by atoms with E-state index in [0.717, 1.165) is 70.7 Å². The fourth-order valence-corrected chi connectivity index (χ4v) is 8.52. The molecule has 2 bridgehead atoms. The molecule has 5 aliphatic rings. The van der Waals surface area contributed by atoms with Crippen molar-refractivity contribution in [3.63, 3.8) is 0 Å². The zero-order valence-electron chi connectivity index (χ0n) is 21.2. The van der Waals surface area contributed by atoms with Gasteiger partial charge in [0.1, 0.15) is 0 Å². The van der Waals surface area contributed by atoms with Crippen molar-refractivity contribution in [2.24, 2.45) is 5.92 Å². The minimum absolute atomic E-state index is 0.00851. The molecular weight excluding hydrogens is 472 g/mol. The highest BCUT2D eigenvalue weighted by Crippen LogP contribution is 2.69. The molecule has 2 N–H and O–H groups in total. The van der Waals surface area contributed by atoms with E-state index in [0.29, 0.717) is 12.2 Å². The molecule has 1 saturated carbocycles. The molecule has 3 aromatic carbocycles. The SMILES string of the molecule is Oc1ccc2c3c1O[C@H]1c4nc5ccccc5c(-c5ccccc5)c4C[C@@]4(O)C(C2)N(CC2CC2)CCC314. The molecule has 3 heterocycles. The average Bonchev–Trinajstić information content (AvgIpc) is 3.67. The predicted octanol–water partition coefficient (Wildman–Crippen LogP) is 5.31. The molecule has 5 heteroatoms. The Balaban J connectivity index is 1.36. The van der Waals surface area contributed by atoms with Crippen LogP contribution in [0.1, 0.15) is 47.8 Å². The van der Waals surface area contributed by atoms with E-state index in [1.165, 1.54) is 18.4 Å². The van der Waals surface area contributed by atoms with E-state index in [1.807, 2.05) is 12.1 Å². The van der Waals surface area contributed by atoms with Crippen LogP contribution in [-0.2, 0) is 18.3 Å². The average molecular weight is 503 g/mol. The number of nitrogens with zero attached hydrogens (tertiary/aromatic N) is 2. The molecule has 5 nitrogen and oxygen atoms in total. The number of piperidine rings is 1. The van der Waals surface area contributed by atoms with Gasteiger partial charge in [-0.05, 0) is 72.5 Å². The zero-order valence-corrected chi connectivity index (χ0v) is 21.2. The number of phenols is 1. The number of aromatic hydroxyl groups is 1. The highest BCUT2D eigenvalue weighted by atomic mass is 16.5. The van der Waals surface area contributed by atoms with Crippen molar-refractivity contribution in [1.29, 1.82) is 0 Å². The highest BCUT2D eigenvalue weighted by molar-refractivity contribution is 5.97. The summed E-state index contributed by atoms with van der Waals surface area (Å²) in [7, 11) is 0. The molecule has 1 saturated heterocycles. The van der Waals surface area contributed by atoms with Gasteiger partial charge >= 0.3 is 0 Å². The first-order valence-electron chi connectivity index (χ1n) is 14.0. The van der Waals surface area contributed by atoms with E-state index in [1.54, 1.807) is 6.07 Å². The Morgan fingerprint density at radius 1 is 1.00 bits per heavy atom. The number of likely N-dealkylation sites (tertiary alicyclic amines) is 1. The Kier molecular flexibility index (Phi) is 4.05. The largest absolute Gasteiger partial charge is 0.504 e. The summed E-state index contributed by atoms with van der Waals surface area (Å²) in [5, 5.41) is 25.3. The van der Waals surface area contributed by atoms with E-state index in [4.69, 9.17) is 9.72 Å². The standard InChI is InChI=1S/C33H30N2O3/c36-25-13-12-21-16-26-33(37)17-23-27(20-6-2-1-3-7-20)22-8-4-5-9-24(22)34-29(23)31-32(33,28(21)30(25)38-31)14-15-35(26)18-19-10-11-19/h1-9,12-13,19,26,31,36-37H,10-11,14-18H2/t26?,31-,32?,33+/m0/s1. The number of phenolic OH excluding ortho intramolecular Hbond substituents is 1. The lowest BCUT2D eigenvalue weighted by atomic mass is 9.48. The van der Waals surface area contributed by atoms with Crippen molar-refractivity contribution in [2.45, 2.75) is 55.3 Å². The fraction of sp³-hybridized carbons (Fsp3) is 0.364. The van der Waals surface area contributed by atoms with Gasteiger partial charge in [0.05, 0.1) is 22.2 Å². The van der Waals surface area contributed by atoms with Crippen LogP contribution in [0.3, 0.4) is 0 Å². The smallest absolute Gasteiger partial charge is 0.166 e. The Hall–Kier alpha value is -3.41. The molecule has 0 radical (unpaired) electrons. The number of aliphatic hydroxyl groups is 1. The van der Waals surface area contributed by atoms with Crippen LogP contribution in [0.2, 0.25) is 0 Å². The summed E-state index contributed by atoms with van der Waals surface area (Å²) in [6.07, 6.45) is 4.27. The maximum atomic E-state index is 13.2. The van der Waals surface area contributed by atoms with Crippen molar-refractivity contribution < 1.29 is 14.9 Å². The summed E-state index contributed by atoms with van der Waals surface area (Å²) in [5.74, 6) is 1.48. The Morgan fingerprint density at radius 2 is 1.82 bits per heavy atom. The van der Waals surface area contributed by atoms with Crippen molar-refractivity contribution in [2.75, 3.05) is 13.1 Å². The number of ether oxygens (including phenoxy) is 1. The fourth-order valence-electron chi connectivity index (χ4n) is 8.52. The van der Waals surface area contributed by atoms with Crippen molar-refractivity contribution >= 4 is 10.9 Å². The number of pyridine rings is 1. The number of rotatable bonds is 3. The van der Waals surface area contributed by atoms with E-state index < -0.39 is 17.1 Å². The van der Waals surface area contributed by atoms with Gasteiger partial charge in [-0.2, -0.15) is 0 Å². The third kappa shape index (κ3) is 2.52. The summed E-state index contributed by atoms with van der Waals surface area (Å²) in [6.45, 7) is 2.00. The number of fused-ring (bicyclic) bond motifs is 3. The molecule has 0 amide bonds. The first-order valence-corrected chi connectivity index (χ1v) is 14.0. The molecule has 2 fully saturated rings. The topological polar surface area (TPSA) is 65.8 Å². The number of hydrogen-bond donors (Lipinski definition) is 2. The van der Waals surface area contributed by atoms with Crippen LogP contribution in [0, 0.1) is 5.92 Å². The number of para-hydroxylation sites is 1. The zero-order chi connectivity index (χ0) is 25.2. The van der Waals surface area contributed by atoms with Crippen LogP contribution in [0.25, 0.3) is 22.0 Å². The first kappa shape index (κ1) is 21.5. The van der Waals surface area contributed by atoms with Gasteiger partial charge in [0.25, 0.3) is 0 Å². The Labute approximate surface area is 221 Å².